The molecule has 2 aromatic rings. The van der Waals surface area contributed by atoms with Crippen LogP contribution in [-0.4, -0.2) is 22.8 Å². The third-order valence-electron chi connectivity index (χ3n) is 2.94. The van der Waals surface area contributed by atoms with Crippen LogP contribution >= 0.6 is 11.6 Å². The van der Waals surface area contributed by atoms with E-state index in [1.165, 1.54) is 5.56 Å². The number of hydrogen-bond donors (Lipinski definition) is 0. The highest BCUT2D eigenvalue weighted by Gasteiger charge is 2.18. The van der Waals surface area contributed by atoms with Crippen LogP contribution in [0.2, 0.25) is 5.02 Å². The van der Waals surface area contributed by atoms with Crippen molar-refractivity contribution in [2.75, 3.05) is 7.05 Å². The Labute approximate surface area is 124 Å². The van der Waals surface area contributed by atoms with E-state index < -0.39 is 0 Å². The van der Waals surface area contributed by atoms with Gasteiger partial charge in [-0.05, 0) is 29.8 Å². The van der Waals surface area contributed by atoms with Gasteiger partial charge in [0, 0.05) is 24.8 Å². The molecule has 0 spiro atoms. The first-order valence-electron chi connectivity index (χ1n) is 6.74. The molecule has 2 heterocycles. The Balaban J connectivity index is 0.000000704. The van der Waals surface area contributed by atoms with E-state index in [9.17, 15) is 0 Å². The van der Waals surface area contributed by atoms with E-state index in [1.807, 2.05) is 57.3 Å². The number of benzene rings is 1. The Morgan fingerprint density at radius 1 is 1.15 bits per heavy atom. The summed E-state index contributed by atoms with van der Waals surface area (Å²) < 4.78 is 0. The molecule has 0 radical (unpaired) electrons. The molecule has 0 unspecified atom stereocenters. The average Bonchev–Trinajstić information content (AvgIpc) is 2.50. The zero-order chi connectivity index (χ0) is 14.5. The summed E-state index contributed by atoms with van der Waals surface area (Å²) >= 11 is 6.01. The molecule has 4 heteroatoms. The lowest BCUT2D eigenvalue weighted by Gasteiger charge is -2.26. The minimum atomic E-state index is 0.711. The Morgan fingerprint density at radius 2 is 1.95 bits per heavy atom. The summed E-state index contributed by atoms with van der Waals surface area (Å²) in [5.41, 5.74) is 2.99. The molecule has 0 amide bonds. The largest absolute Gasteiger partial charge is 0.353 e. The highest BCUT2D eigenvalue weighted by atomic mass is 35.5. The first-order valence-corrected chi connectivity index (χ1v) is 7.11. The fourth-order valence-electron chi connectivity index (χ4n) is 2.05. The van der Waals surface area contributed by atoms with Gasteiger partial charge in [-0.25, -0.2) is 4.99 Å². The third-order valence-corrected chi connectivity index (χ3v) is 3.17. The average molecular weight is 288 g/mol. The first kappa shape index (κ1) is 14.5. The predicted octanol–water partition coefficient (Wildman–Crippen LogP) is 4.28. The summed E-state index contributed by atoms with van der Waals surface area (Å²) in [7, 11) is 2.02. The Bertz CT molecular complexity index is 608. The quantitative estimate of drug-likeness (QED) is 0.783. The maximum Gasteiger partial charge on any atom is 0.155 e. The molecule has 1 aromatic carbocycles. The van der Waals surface area contributed by atoms with Gasteiger partial charge >= 0.3 is 0 Å². The Kier molecular flexibility index (Phi) is 4.74. The van der Waals surface area contributed by atoms with E-state index in [0.717, 1.165) is 23.8 Å². The second-order valence-corrected chi connectivity index (χ2v) is 4.72. The summed E-state index contributed by atoms with van der Waals surface area (Å²) in [6.45, 7) is 4.82. The molecule has 0 N–H and O–H groups in total. The molecule has 1 aliphatic heterocycles. The van der Waals surface area contributed by atoms with Gasteiger partial charge in [0.2, 0.25) is 0 Å². The molecule has 0 atom stereocenters. The topological polar surface area (TPSA) is 28.5 Å². The monoisotopic (exact) mass is 287 g/mol. The summed E-state index contributed by atoms with van der Waals surface area (Å²) in [6.07, 6.45) is 1.78. The number of nitrogens with zero attached hydrogens (tertiary/aromatic N) is 3. The fourth-order valence-corrected chi connectivity index (χ4v) is 2.22. The van der Waals surface area contributed by atoms with Crippen molar-refractivity contribution in [1.82, 2.24) is 9.88 Å². The lowest BCUT2D eigenvalue weighted by Crippen LogP contribution is -2.30. The van der Waals surface area contributed by atoms with E-state index in [0.29, 0.717) is 5.02 Å². The van der Waals surface area contributed by atoms with Gasteiger partial charge in [-0.15, -0.1) is 0 Å². The molecule has 3 rings (SSSR count). The van der Waals surface area contributed by atoms with Crippen molar-refractivity contribution in [3.8, 4) is 0 Å². The van der Waals surface area contributed by atoms with Crippen molar-refractivity contribution in [1.29, 1.82) is 0 Å². The number of aromatic nitrogens is 1. The minimum absolute atomic E-state index is 0.711. The van der Waals surface area contributed by atoms with E-state index in [-0.39, 0.29) is 0 Å². The number of hydrogen-bond acceptors (Lipinski definition) is 3. The van der Waals surface area contributed by atoms with E-state index >= 15 is 0 Å². The Hall–Kier alpha value is -1.87. The molecule has 0 aliphatic carbocycles. The van der Waals surface area contributed by atoms with Crippen LogP contribution < -0.4 is 0 Å². The van der Waals surface area contributed by atoms with Crippen molar-refractivity contribution in [2.45, 2.75) is 20.4 Å². The number of aliphatic imine (C=N–C) groups is 1. The minimum Gasteiger partial charge on any atom is -0.353 e. The SMILES string of the molecule is CC.CN1Cc2ccc(Cl)cc2N=C1c1ccccn1. The predicted molar refractivity (Wildman–Crippen MR) is 84.7 cm³/mol. The molecule has 3 nitrogen and oxygen atoms in total. The number of halogens is 1. The van der Waals surface area contributed by atoms with Gasteiger partial charge in [0.05, 0.1) is 5.69 Å². The standard InChI is InChI=1S/C14H12ClN3.C2H6/c1-18-9-10-5-6-11(15)8-13(10)17-14(18)12-4-2-3-7-16-12;1-2/h2-8H,9H2,1H3;1-2H3. The number of fused-ring (bicyclic) bond motifs is 1. The molecule has 1 aromatic heterocycles. The van der Waals surface area contributed by atoms with Gasteiger partial charge < -0.3 is 4.90 Å². The maximum absolute atomic E-state index is 6.01. The van der Waals surface area contributed by atoms with Gasteiger partial charge in [0.15, 0.2) is 5.84 Å². The molecular formula is C16H18ClN3. The van der Waals surface area contributed by atoms with Gasteiger partial charge in [-0.2, -0.15) is 0 Å². The highest BCUT2D eigenvalue weighted by Crippen LogP contribution is 2.29. The van der Waals surface area contributed by atoms with Crippen LogP contribution in [0.5, 0.6) is 0 Å². The van der Waals surface area contributed by atoms with Crippen LogP contribution in [-0.2, 0) is 6.54 Å². The van der Waals surface area contributed by atoms with Crippen molar-refractivity contribution in [2.24, 2.45) is 4.99 Å². The van der Waals surface area contributed by atoms with Crippen molar-refractivity contribution >= 4 is 23.1 Å². The molecule has 104 valence electrons. The molecule has 0 saturated heterocycles. The summed E-state index contributed by atoms with van der Waals surface area (Å²) in [4.78, 5) is 11.1. The molecule has 0 bridgehead atoms. The van der Waals surface area contributed by atoms with Crippen LogP contribution in [0.15, 0.2) is 47.6 Å². The van der Waals surface area contributed by atoms with E-state index in [4.69, 9.17) is 11.6 Å². The Morgan fingerprint density at radius 3 is 2.65 bits per heavy atom. The first-order chi connectivity index (χ1) is 9.74. The molecule has 0 saturated carbocycles. The second kappa shape index (κ2) is 6.53. The number of rotatable bonds is 1. The zero-order valence-electron chi connectivity index (χ0n) is 12.0. The fraction of sp³-hybridized carbons (Fsp3) is 0.250. The summed E-state index contributed by atoms with van der Waals surface area (Å²) in [5, 5.41) is 0.711. The van der Waals surface area contributed by atoms with Crippen molar-refractivity contribution in [3.63, 3.8) is 0 Å². The normalized spacial score (nSPS) is 13.0. The van der Waals surface area contributed by atoms with Crippen LogP contribution in [0, 0.1) is 0 Å². The van der Waals surface area contributed by atoms with Crippen LogP contribution in [0.4, 0.5) is 5.69 Å². The smallest absolute Gasteiger partial charge is 0.155 e. The van der Waals surface area contributed by atoms with Crippen LogP contribution in [0.1, 0.15) is 25.1 Å². The van der Waals surface area contributed by atoms with Crippen LogP contribution in [0.3, 0.4) is 0 Å². The maximum atomic E-state index is 6.01. The van der Waals surface area contributed by atoms with E-state index in [1.54, 1.807) is 6.20 Å². The second-order valence-electron chi connectivity index (χ2n) is 4.28. The van der Waals surface area contributed by atoms with Gasteiger partial charge in [-0.3, -0.25) is 4.98 Å². The molecular weight excluding hydrogens is 270 g/mol. The molecule has 1 aliphatic rings. The lowest BCUT2D eigenvalue weighted by atomic mass is 10.1. The number of amidine groups is 1. The molecule has 20 heavy (non-hydrogen) atoms. The summed E-state index contributed by atoms with van der Waals surface area (Å²) in [5.74, 6) is 0.880. The van der Waals surface area contributed by atoms with Crippen molar-refractivity contribution < 1.29 is 0 Å². The van der Waals surface area contributed by atoms with Crippen LogP contribution in [0.25, 0.3) is 0 Å². The number of pyridine rings is 1. The lowest BCUT2D eigenvalue weighted by molar-refractivity contribution is 0.493. The van der Waals surface area contributed by atoms with E-state index in [2.05, 4.69) is 14.9 Å². The van der Waals surface area contributed by atoms with Crippen molar-refractivity contribution in [3.05, 3.63) is 58.9 Å². The van der Waals surface area contributed by atoms with Gasteiger partial charge in [0.1, 0.15) is 5.69 Å². The van der Waals surface area contributed by atoms with Gasteiger partial charge in [-0.1, -0.05) is 37.6 Å². The zero-order valence-corrected chi connectivity index (χ0v) is 12.7. The van der Waals surface area contributed by atoms with Gasteiger partial charge in [0.25, 0.3) is 0 Å². The third kappa shape index (κ3) is 2.99. The highest BCUT2D eigenvalue weighted by molar-refractivity contribution is 6.30. The summed E-state index contributed by atoms with van der Waals surface area (Å²) in [6, 6.07) is 11.6. The molecule has 0 fully saturated rings.